The highest BCUT2D eigenvalue weighted by molar-refractivity contribution is 6.48. The second-order valence-corrected chi connectivity index (χ2v) is 7.47. The zero-order valence-electron chi connectivity index (χ0n) is 14.7. The van der Waals surface area contributed by atoms with E-state index in [2.05, 4.69) is 4.74 Å². The van der Waals surface area contributed by atoms with Gasteiger partial charge in [0.1, 0.15) is 5.75 Å². The lowest BCUT2D eigenvalue weighted by Crippen LogP contribution is -2.41. The fraction of sp³-hybridized carbons (Fsp3) is 0.562. The lowest BCUT2D eigenvalue weighted by atomic mass is 9.66. The van der Waals surface area contributed by atoms with Gasteiger partial charge in [-0.25, -0.2) is 0 Å². The quantitative estimate of drug-likeness (QED) is 0.749. The first kappa shape index (κ1) is 20.9. The Morgan fingerprint density at radius 2 is 1.81 bits per heavy atom. The largest absolute Gasteiger partial charge is 0.573 e. The SMILES string of the molecule is CC1(C)OB(C(CC(=O)O)c2ccc(OC(F)(F)F)c(Cl)c2)OC1(C)C. The summed E-state index contributed by atoms with van der Waals surface area (Å²) in [5.41, 5.74) is -0.986. The highest BCUT2D eigenvalue weighted by Gasteiger charge is 2.54. The van der Waals surface area contributed by atoms with Crippen LogP contribution in [0.2, 0.25) is 5.02 Å². The van der Waals surface area contributed by atoms with Crippen molar-refractivity contribution in [2.24, 2.45) is 0 Å². The van der Waals surface area contributed by atoms with Crippen LogP contribution in [0.1, 0.15) is 45.5 Å². The number of aliphatic carboxylic acids is 1. The lowest BCUT2D eigenvalue weighted by Gasteiger charge is -2.32. The van der Waals surface area contributed by atoms with E-state index in [1.54, 1.807) is 0 Å². The highest BCUT2D eigenvalue weighted by Crippen LogP contribution is 2.43. The molecule has 1 heterocycles. The monoisotopic (exact) mass is 394 g/mol. The van der Waals surface area contributed by atoms with Crippen molar-refractivity contribution >= 4 is 24.7 Å². The summed E-state index contributed by atoms with van der Waals surface area (Å²) in [4.78, 5) is 11.3. The summed E-state index contributed by atoms with van der Waals surface area (Å²) in [5.74, 6) is -2.42. The van der Waals surface area contributed by atoms with Gasteiger partial charge in [0.15, 0.2) is 0 Å². The number of halogens is 4. The van der Waals surface area contributed by atoms with Crippen molar-refractivity contribution in [1.29, 1.82) is 0 Å². The minimum Gasteiger partial charge on any atom is -0.481 e. The number of alkyl halides is 3. The molecule has 0 bridgehead atoms. The Hall–Kier alpha value is -1.45. The van der Waals surface area contributed by atoms with Crippen LogP contribution in [0.15, 0.2) is 18.2 Å². The molecule has 10 heteroatoms. The molecule has 0 aliphatic carbocycles. The second kappa shape index (κ2) is 6.94. The predicted octanol–water partition coefficient (Wildman–Crippen LogP) is 4.43. The van der Waals surface area contributed by atoms with Gasteiger partial charge in [0.05, 0.1) is 22.6 Å². The summed E-state index contributed by atoms with van der Waals surface area (Å²) in [6, 6.07) is 3.61. The average Bonchev–Trinajstić information content (AvgIpc) is 2.65. The molecule has 1 aromatic carbocycles. The standard InChI is InChI=1S/C16H19BClF3O5/c1-14(2)15(3,4)26-17(25-14)10(8-13(22)23)9-5-6-12(11(18)7-9)24-16(19,20)21/h5-7,10H,8H2,1-4H3,(H,22,23). The molecular formula is C16H19BClF3O5. The van der Waals surface area contributed by atoms with Crippen molar-refractivity contribution < 1.29 is 37.1 Å². The van der Waals surface area contributed by atoms with Gasteiger partial charge >= 0.3 is 19.5 Å². The number of hydrogen-bond acceptors (Lipinski definition) is 4. The number of carboxylic acids is 1. The van der Waals surface area contributed by atoms with Crippen molar-refractivity contribution in [2.45, 2.75) is 57.5 Å². The Bertz CT molecular complexity index is 677. The molecule has 2 rings (SSSR count). The van der Waals surface area contributed by atoms with E-state index in [-0.39, 0.29) is 11.4 Å². The van der Waals surface area contributed by atoms with Crippen LogP contribution in [-0.2, 0) is 14.1 Å². The van der Waals surface area contributed by atoms with Crippen molar-refractivity contribution in [3.05, 3.63) is 28.8 Å². The molecule has 26 heavy (non-hydrogen) atoms. The Morgan fingerprint density at radius 1 is 1.27 bits per heavy atom. The maximum absolute atomic E-state index is 12.4. The van der Waals surface area contributed by atoms with Crippen molar-refractivity contribution in [1.82, 2.24) is 0 Å². The van der Waals surface area contributed by atoms with Crippen LogP contribution in [0, 0.1) is 0 Å². The van der Waals surface area contributed by atoms with Gasteiger partial charge in [-0.15, -0.1) is 13.2 Å². The van der Waals surface area contributed by atoms with Crippen LogP contribution in [0.25, 0.3) is 0 Å². The van der Waals surface area contributed by atoms with Crippen LogP contribution in [0.5, 0.6) is 5.75 Å². The van der Waals surface area contributed by atoms with Gasteiger partial charge in [-0.2, -0.15) is 0 Å². The zero-order chi connectivity index (χ0) is 19.9. The summed E-state index contributed by atoms with van der Waals surface area (Å²) >= 11 is 5.88. The zero-order valence-corrected chi connectivity index (χ0v) is 15.4. The molecule has 1 aromatic rings. The topological polar surface area (TPSA) is 65.0 Å². The van der Waals surface area contributed by atoms with Crippen LogP contribution in [0.4, 0.5) is 13.2 Å². The molecule has 1 aliphatic heterocycles. The summed E-state index contributed by atoms with van der Waals surface area (Å²) in [5, 5.41) is 8.94. The third kappa shape index (κ3) is 4.63. The molecule has 1 N–H and O–H groups in total. The fourth-order valence-electron chi connectivity index (χ4n) is 2.57. The molecule has 1 aliphatic rings. The molecular weight excluding hydrogens is 375 g/mol. The van der Waals surface area contributed by atoms with E-state index in [1.165, 1.54) is 12.1 Å². The molecule has 1 unspecified atom stereocenters. The molecule has 1 atom stereocenters. The first-order chi connectivity index (χ1) is 11.7. The molecule has 144 valence electrons. The van der Waals surface area contributed by atoms with Gasteiger partial charge in [0.25, 0.3) is 0 Å². The van der Waals surface area contributed by atoms with E-state index in [9.17, 15) is 23.1 Å². The Morgan fingerprint density at radius 3 is 2.23 bits per heavy atom. The van der Waals surface area contributed by atoms with Crippen molar-refractivity contribution in [3.63, 3.8) is 0 Å². The maximum atomic E-state index is 12.4. The molecule has 1 fully saturated rings. The number of ether oxygens (including phenoxy) is 1. The molecule has 0 amide bonds. The van der Waals surface area contributed by atoms with Crippen LogP contribution in [-0.4, -0.2) is 35.8 Å². The summed E-state index contributed by atoms with van der Waals surface area (Å²) < 4.78 is 52.7. The van der Waals surface area contributed by atoms with Gasteiger partial charge in [-0.05, 0) is 45.4 Å². The van der Waals surface area contributed by atoms with Gasteiger partial charge < -0.3 is 19.2 Å². The molecule has 0 radical (unpaired) electrons. The Kier molecular flexibility index (Phi) is 5.57. The minimum atomic E-state index is -4.88. The van der Waals surface area contributed by atoms with Crippen molar-refractivity contribution in [3.8, 4) is 5.75 Å². The molecule has 1 saturated heterocycles. The number of hydrogen-bond donors (Lipinski definition) is 1. The summed E-state index contributed by atoms with van der Waals surface area (Å²) in [6.45, 7) is 7.27. The summed E-state index contributed by atoms with van der Waals surface area (Å²) in [6.07, 6.45) is -5.22. The van der Waals surface area contributed by atoms with E-state index in [0.717, 1.165) is 6.07 Å². The first-order valence-corrected chi connectivity index (χ1v) is 8.22. The Balaban J connectivity index is 2.34. The molecule has 5 nitrogen and oxygen atoms in total. The lowest BCUT2D eigenvalue weighted by molar-refractivity contribution is -0.274. The second-order valence-electron chi connectivity index (χ2n) is 7.07. The van der Waals surface area contributed by atoms with E-state index in [1.807, 2.05) is 27.7 Å². The molecule has 0 spiro atoms. The van der Waals surface area contributed by atoms with E-state index < -0.39 is 42.2 Å². The smallest absolute Gasteiger partial charge is 0.481 e. The maximum Gasteiger partial charge on any atom is 0.573 e. The first-order valence-electron chi connectivity index (χ1n) is 7.84. The van der Waals surface area contributed by atoms with Gasteiger partial charge in [0, 0.05) is 5.82 Å². The number of carbonyl (C=O) groups is 1. The van der Waals surface area contributed by atoms with Crippen molar-refractivity contribution in [2.75, 3.05) is 0 Å². The van der Waals surface area contributed by atoms with E-state index in [0.29, 0.717) is 5.56 Å². The average molecular weight is 395 g/mol. The number of benzene rings is 1. The molecule has 0 saturated carbocycles. The number of carboxylic acid groups (broad SMARTS) is 1. The minimum absolute atomic E-state index is 0.285. The third-order valence-corrected chi connectivity index (χ3v) is 4.90. The highest BCUT2D eigenvalue weighted by atomic mass is 35.5. The normalized spacial score (nSPS) is 20.1. The van der Waals surface area contributed by atoms with Gasteiger partial charge in [-0.3, -0.25) is 4.79 Å². The van der Waals surface area contributed by atoms with Gasteiger partial charge in [-0.1, -0.05) is 17.7 Å². The van der Waals surface area contributed by atoms with Crippen LogP contribution in [0.3, 0.4) is 0 Å². The predicted molar refractivity (Wildman–Crippen MR) is 89.2 cm³/mol. The fourth-order valence-corrected chi connectivity index (χ4v) is 2.79. The van der Waals surface area contributed by atoms with Crippen LogP contribution < -0.4 is 4.74 Å². The third-order valence-electron chi connectivity index (χ3n) is 4.60. The summed E-state index contributed by atoms with van der Waals surface area (Å²) in [7, 11) is -0.887. The van der Waals surface area contributed by atoms with Gasteiger partial charge in [0.2, 0.25) is 0 Å². The number of rotatable bonds is 5. The Labute approximate surface area is 154 Å². The van der Waals surface area contributed by atoms with E-state index in [4.69, 9.17) is 20.9 Å². The van der Waals surface area contributed by atoms with Crippen LogP contribution >= 0.6 is 11.6 Å². The molecule has 0 aromatic heterocycles. The van der Waals surface area contributed by atoms with E-state index >= 15 is 0 Å².